The first-order valence-electron chi connectivity index (χ1n) is 7.48. The number of rotatable bonds is 6. The van der Waals surface area contributed by atoms with E-state index in [-0.39, 0.29) is 0 Å². The molecule has 0 radical (unpaired) electrons. The quantitative estimate of drug-likeness (QED) is 0.851. The van der Waals surface area contributed by atoms with Gasteiger partial charge in [-0.2, -0.15) is 0 Å². The van der Waals surface area contributed by atoms with E-state index in [9.17, 15) is 0 Å². The highest BCUT2D eigenvalue weighted by Gasteiger charge is 2.27. The molecule has 2 unspecified atom stereocenters. The van der Waals surface area contributed by atoms with Crippen LogP contribution in [0.5, 0.6) is 0 Å². The number of hydrogen-bond donors (Lipinski definition) is 1. The number of nitrogens with one attached hydrogen (secondary N) is 1. The highest BCUT2D eigenvalue weighted by Crippen LogP contribution is 2.29. The van der Waals surface area contributed by atoms with Crippen molar-refractivity contribution in [3.05, 3.63) is 34.9 Å². The summed E-state index contributed by atoms with van der Waals surface area (Å²) in [5, 5.41) is 4.31. The minimum absolute atomic E-state index is 0.516. The van der Waals surface area contributed by atoms with Crippen molar-refractivity contribution >= 4 is 11.6 Å². The third-order valence-corrected chi connectivity index (χ3v) is 4.28. The Labute approximate surface area is 122 Å². The van der Waals surface area contributed by atoms with Gasteiger partial charge in [-0.3, -0.25) is 4.90 Å². The van der Waals surface area contributed by atoms with Crippen LogP contribution in [0.1, 0.15) is 44.7 Å². The minimum atomic E-state index is 0.516. The largest absolute Gasteiger partial charge is 0.315 e. The topological polar surface area (TPSA) is 15.3 Å². The summed E-state index contributed by atoms with van der Waals surface area (Å²) in [6, 6.07) is 9.58. The van der Waals surface area contributed by atoms with E-state index >= 15 is 0 Å². The molecule has 1 N–H and O–H groups in total. The van der Waals surface area contributed by atoms with Gasteiger partial charge in [0.25, 0.3) is 0 Å². The molecule has 3 heteroatoms. The number of benzene rings is 1. The lowest BCUT2D eigenvalue weighted by atomic mass is 10.00. The maximum atomic E-state index is 6.00. The monoisotopic (exact) mass is 280 g/mol. The maximum Gasteiger partial charge on any atom is 0.0406 e. The van der Waals surface area contributed by atoms with Crippen molar-refractivity contribution in [1.29, 1.82) is 0 Å². The molecule has 1 aromatic carbocycles. The zero-order chi connectivity index (χ0) is 13.7. The van der Waals surface area contributed by atoms with Crippen LogP contribution >= 0.6 is 11.6 Å². The Balaban J connectivity index is 2.18. The van der Waals surface area contributed by atoms with E-state index in [2.05, 4.69) is 36.2 Å². The molecule has 1 fully saturated rings. The second-order valence-corrected chi connectivity index (χ2v) is 5.80. The molecule has 0 bridgehead atoms. The van der Waals surface area contributed by atoms with Crippen LogP contribution < -0.4 is 5.32 Å². The van der Waals surface area contributed by atoms with E-state index in [0.29, 0.717) is 12.1 Å². The molecule has 2 nitrogen and oxygen atoms in total. The molecule has 1 aliphatic rings. The van der Waals surface area contributed by atoms with Gasteiger partial charge in [0, 0.05) is 23.7 Å². The highest BCUT2D eigenvalue weighted by atomic mass is 35.5. The van der Waals surface area contributed by atoms with E-state index in [1.807, 2.05) is 12.1 Å². The smallest absolute Gasteiger partial charge is 0.0406 e. The molecule has 1 aromatic rings. The average molecular weight is 281 g/mol. The summed E-state index contributed by atoms with van der Waals surface area (Å²) < 4.78 is 0. The summed E-state index contributed by atoms with van der Waals surface area (Å²) in [6.07, 6.45) is 3.63. The Morgan fingerprint density at radius 2 is 2.05 bits per heavy atom. The first-order chi connectivity index (χ1) is 9.26. The van der Waals surface area contributed by atoms with E-state index in [0.717, 1.165) is 24.5 Å². The van der Waals surface area contributed by atoms with Crippen LogP contribution in [0.4, 0.5) is 0 Å². The first kappa shape index (κ1) is 14.8. The Hall–Kier alpha value is -0.570. The molecule has 0 spiro atoms. The molecule has 1 saturated heterocycles. The van der Waals surface area contributed by atoms with Crippen molar-refractivity contribution in [3.63, 3.8) is 0 Å². The zero-order valence-electron chi connectivity index (χ0n) is 12.0. The lowest BCUT2D eigenvalue weighted by Crippen LogP contribution is -2.40. The van der Waals surface area contributed by atoms with Gasteiger partial charge in [0.1, 0.15) is 0 Å². The molecule has 19 heavy (non-hydrogen) atoms. The summed E-state index contributed by atoms with van der Waals surface area (Å²) in [5.41, 5.74) is 1.40. The van der Waals surface area contributed by atoms with E-state index in [1.165, 1.54) is 24.9 Å². The van der Waals surface area contributed by atoms with E-state index < -0.39 is 0 Å². The van der Waals surface area contributed by atoms with Crippen LogP contribution in [0.15, 0.2) is 24.3 Å². The fraction of sp³-hybridized carbons (Fsp3) is 0.625. The number of nitrogens with zero attached hydrogens (tertiary/aromatic N) is 1. The van der Waals surface area contributed by atoms with Gasteiger partial charge in [-0.05, 0) is 50.0 Å². The fourth-order valence-electron chi connectivity index (χ4n) is 3.12. The lowest BCUT2D eigenvalue weighted by molar-refractivity contribution is 0.138. The standard InChI is InChI=1S/C16H25ClN2/c1-3-11-19(15-9-10-18-12-15)16(4-2)13-5-7-14(17)8-6-13/h5-8,15-16,18H,3-4,9-12H2,1-2H3. The molecule has 0 aliphatic carbocycles. The number of hydrogen-bond acceptors (Lipinski definition) is 2. The molecule has 0 amide bonds. The van der Waals surface area contributed by atoms with E-state index in [1.54, 1.807) is 0 Å². The van der Waals surface area contributed by atoms with Gasteiger partial charge >= 0.3 is 0 Å². The maximum absolute atomic E-state index is 6.00. The van der Waals surface area contributed by atoms with Crippen LogP contribution in [0.25, 0.3) is 0 Å². The zero-order valence-corrected chi connectivity index (χ0v) is 12.8. The second kappa shape index (κ2) is 7.28. The van der Waals surface area contributed by atoms with Crippen molar-refractivity contribution < 1.29 is 0 Å². The highest BCUT2D eigenvalue weighted by molar-refractivity contribution is 6.30. The van der Waals surface area contributed by atoms with Crippen LogP contribution in [-0.4, -0.2) is 30.6 Å². The third kappa shape index (κ3) is 3.71. The van der Waals surface area contributed by atoms with Crippen molar-refractivity contribution in [2.45, 2.75) is 45.2 Å². The molecule has 1 aliphatic heterocycles. The Kier molecular flexibility index (Phi) is 5.68. The van der Waals surface area contributed by atoms with Crippen LogP contribution in [-0.2, 0) is 0 Å². The molecule has 0 aromatic heterocycles. The molecule has 2 atom stereocenters. The van der Waals surface area contributed by atoms with Crippen molar-refractivity contribution in [2.24, 2.45) is 0 Å². The molecule has 2 rings (SSSR count). The van der Waals surface area contributed by atoms with E-state index in [4.69, 9.17) is 11.6 Å². The van der Waals surface area contributed by atoms with Gasteiger partial charge in [0.05, 0.1) is 0 Å². The van der Waals surface area contributed by atoms with Gasteiger partial charge in [-0.1, -0.05) is 37.6 Å². The molecular formula is C16H25ClN2. The lowest BCUT2D eigenvalue weighted by Gasteiger charge is -2.36. The van der Waals surface area contributed by atoms with Crippen LogP contribution in [0.2, 0.25) is 5.02 Å². The number of halogens is 1. The predicted molar refractivity (Wildman–Crippen MR) is 82.8 cm³/mol. The summed E-state index contributed by atoms with van der Waals surface area (Å²) in [6.45, 7) is 8.01. The molecule has 106 valence electrons. The average Bonchev–Trinajstić information content (AvgIpc) is 2.94. The molecule has 0 saturated carbocycles. The predicted octanol–water partition coefficient (Wildman–Crippen LogP) is 3.87. The Morgan fingerprint density at radius 3 is 2.58 bits per heavy atom. The summed E-state index contributed by atoms with van der Waals surface area (Å²) >= 11 is 6.00. The third-order valence-electron chi connectivity index (χ3n) is 4.03. The van der Waals surface area contributed by atoms with Crippen LogP contribution in [0.3, 0.4) is 0 Å². The van der Waals surface area contributed by atoms with Gasteiger partial charge in [0.15, 0.2) is 0 Å². The van der Waals surface area contributed by atoms with Crippen molar-refractivity contribution in [2.75, 3.05) is 19.6 Å². The summed E-state index contributed by atoms with van der Waals surface area (Å²) in [7, 11) is 0. The fourth-order valence-corrected chi connectivity index (χ4v) is 3.25. The summed E-state index contributed by atoms with van der Waals surface area (Å²) in [5.74, 6) is 0. The van der Waals surface area contributed by atoms with Crippen LogP contribution in [0, 0.1) is 0 Å². The minimum Gasteiger partial charge on any atom is -0.315 e. The Morgan fingerprint density at radius 1 is 1.32 bits per heavy atom. The summed E-state index contributed by atoms with van der Waals surface area (Å²) in [4.78, 5) is 2.68. The molecular weight excluding hydrogens is 256 g/mol. The molecule has 1 heterocycles. The normalized spacial score (nSPS) is 20.9. The van der Waals surface area contributed by atoms with Crippen molar-refractivity contribution in [1.82, 2.24) is 10.2 Å². The SMILES string of the molecule is CCCN(C1CCNC1)C(CC)c1ccc(Cl)cc1. The van der Waals surface area contributed by atoms with Gasteiger partial charge in [0.2, 0.25) is 0 Å². The van der Waals surface area contributed by atoms with Gasteiger partial charge in [-0.15, -0.1) is 0 Å². The second-order valence-electron chi connectivity index (χ2n) is 5.36. The Bertz CT molecular complexity index is 371. The van der Waals surface area contributed by atoms with Gasteiger partial charge in [-0.25, -0.2) is 0 Å². The van der Waals surface area contributed by atoms with Crippen molar-refractivity contribution in [3.8, 4) is 0 Å². The first-order valence-corrected chi connectivity index (χ1v) is 7.86. The van der Waals surface area contributed by atoms with Gasteiger partial charge < -0.3 is 5.32 Å².